The fourth-order valence-electron chi connectivity index (χ4n) is 2.57. The zero-order valence-corrected chi connectivity index (χ0v) is 17.5. The lowest BCUT2D eigenvalue weighted by atomic mass is 9.91. The second-order valence-electron chi connectivity index (χ2n) is 6.76. The number of hydrogen-bond donors (Lipinski definition) is 5. The van der Waals surface area contributed by atoms with Crippen molar-refractivity contribution in [3.8, 4) is 23.7 Å². The Labute approximate surface area is 187 Å². The average molecular weight is 458 g/mol. The van der Waals surface area contributed by atoms with Gasteiger partial charge in [0.15, 0.2) is 0 Å². The molecule has 0 aliphatic carbocycles. The van der Waals surface area contributed by atoms with E-state index in [1.54, 1.807) is 6.07 Å². The van der Waals surface area contributed by atoms with Gasteiger partial charge in [0, 0.05) is 18.2 Å². The summed E-state index contributed by atoms with van der Waals surface area (Å²) < 4.78 is 32.4. The first-order valence-electron chi connectivity index (χ1n) is 9.38. The number of furan rings is 1. The summed E-state index contributed by atoms with van der Waals surface area (Å²) in [6, 6.07) is 4.38. The van der Waals surface area contributed by atoms with Crippen molar-refractivity contribution in [2.24, 2.45) is 0 Å². The molecule has 0 saturated heterocycles. The molecule has 0 spiro atoms. The van der Waals surface area contributed by atoms with E-state index in [0.29, 0.717) is 11.1 Å². The van der Waals surface area contributed by atoms with Crippen molar-refractivity contribution < 1.29 is 32.8 Å². The van der Waals surface area contributed by atoms with Crippen molar-refractivity contribution in [1.82, 2.24) is 21.4 Å². The summed E-state index contributed by atoms with van der Waals surface area (Å²) in [6.45, 7) is 0.857. The summed E-state index contributed by atoms with van der Waals surface area (Å²) in [5.74, 6) is 8.57. The number of carbonyl (C=O) groups is 3. The molecule has 1 aromatic heterocycles. The minimum absolute atomic E-state index is 0.0253. The summed E-state index contributed by atoms with van der Waals surface area (Å²) >= 11 is 0. The van der Waals surface area contributed by atoms with Crippen LogP contribution in [-0.2, 0) is 4.79 Å². The Morgan fingerprint density at radius 1 is 1.06 bits per heavy atom. The first-order chi connectivity index (χ1) is 15.7. The number of nitrogens with one attached hydrogen (secondary N) is 4. The SMILES string of the molecule is CNC(=O)NC(C)(C(F)F)C(NC(=O)c1ccc(C#CC#Cc2ccoc2)cc1)C(=O)NO. The van der Waals surface area contributed by atoms with E-state index in [0.717, 1.165) is 6.92 Å². The molecule has 172 valence electrons. The third kappa shape index (κ3) is 6.56. The van der Waals surface area contributed by atoms with Gasteiger partial charge in [0.1, 0.15) is 17.8 Å². The van der Waals surface area contributed by atoms with Gasteiger partial charge in [-0.05, 0) is 55.0 Å². The molecule has 0 fully saturated rings. The molecular weight excluding hydrogens is 438 g/mol. The highest BCUT2D eigenvalue weighted by Crippen LogP contribution is 2.21. The van der Waals surface area contributed by atoms with Gasteiger partial charge < -0.3 is 20.4 Å². The Balaban J connectivity index is 2.19. The van der Waals surface area contributed by atoms with Crippen molar-refractivity contribution in [3.05, 3.63) is 59.5 Å². The van der Waals surface area contributed by atoms with Crippen LogP contribution in [0.5, 0.6) is 0 Å². The average Bonchev–Trinajstić information content (AvgIpc) is 3.33. The van der Waals surface area contributed by atoms with Crippen molar-refractivity contribution in [3.63, 3.8) is 0 Å². The van der Waals surface area contributed by atoms with Gasteiger partial charge in [-0.1, -0.05) is 5.92 Å². The molecule has 0 aliphatic heterocycles. The smallest absolute Gasteiger partial charge is 0.315 e. The Morgan fingerprint density at radius 2 is 1.70 bits per heavy atom. The Bertz CT molecular complexity index is 1110. The van der Waals surface area contributed by atoms with Gasteiger partial charge in [0.25, 0.3) is 18.2 Å². The van der Waals surface area contributed by atoms with E-state index in [1.807, 2.05) is 5.32 Å². The van der Waals surface area contributed by atoms with Crippen LogP contribution in [0.4, 0.5) is 13.6 Å². The van der Waals surface area contributed by atoms with Gasteiger partial charge in [-0.2, -0.15) is 0 Å². The highest BCUT2D eigenvalue weighted by molar-refractivity contribution is 5.98. The molecule has 0 saturated carbocycles. The van der Waals surface area contributed by atoms with Crippen molar-refractivity contribution >= 4 is 17.8 Å². The van der Waals surface area contributed by atoms with Crippen molar-refractivity contribution in [2.75, 3.05) is 7.05 Å². The normalized spacial score (nSPS) is 12.7. The number of carbonyl (C=O) groups excluding carboxylic acids is 3. The highest BCUT2D eigenvalue weighted by Gasteiger charge is 2.48. The molecule has 0 bridgehead atoms. The van der Waals surface area contributed by atoms with E-state index in [9.17, 15) is 23.2 Å². The minimum Gasteiger partial charge on any atom is -0.471 e. The number of amides is 4. The van der Waals surface area contributed by atoms with Crippen LogP contribution in [0.2, 0.25) is 0 Å². The number of urea groups is 1. The lowest BCUT2D eigenvalue weighted by Crippen LogP contribution is -2.69. The molecule has 5 N–H and O–H groups in total. The van der Waals surface area contributed by atoms with E-state index < -0.39 is 35.9 Å². The first kappa shape index (κ1) is 24.9. The molecule has 0 aliphatic rings. The molecule has 0 radical (unpaired) electrons. The van der Waals surface area contributed by atoms with Gasteiger partial charge in [-0.15, -0.1) is 0 Å². The van der Waals surface area contributed by atoms with E-state index in [2.05, 4.69) is 34.3 Å². The molecule has 2 unspecified atom stereocenters. The fraction of sp³-hybridized carbons (Fsp3) is 0.227. The quantitative estimate of drug-likeness (QED) is 0.252. The molecule has 9 nitrogen and oxygen atoms in total. The number of hydroxylamine groups is 1. The van der Waals surface area contributed by atoms with Gasteiger partial charge >= 0.3 is 6.03 Å². The molecule has 1 heterocycles. The molecule has 2 rings (SSSR count). The van der Waals surface area contributed by atoms with Crippen molar-refractivity contribution in [2.45, 2.75) is 24.9 Å². The lowest BCUT2D eigenvalue weighted by Gasteiger charge is -2.36. The summed E-state index contributed by atoms with van der Waals surface area (Å²) in [5, 5.41) is 15.1. The maximum atomic E-state index is 13.8. The van der Waals surface area contributed by atoms with E-state index in [4.69, 9.17) is 9.62 Å². The van der Waals surface area contributed by atoms with Gasteiger partial charge in [-0.25, -0.2) is 19.1 Å². The first-order valence-corrected chi connectivity index (χ1v) is 9.38. The van der Waals surface area contributed by atoms with Crippen LogP contribution in [0.15, 0.2) is 47.3 Å². The number of rotatable bonds is 6. The standard InChI is InChI=1S/C22H20F2N4O5/c1-22(20(23)24,27-21(31)25-2)17(19(30)28-32)26-18(29)16-9-7-14(8-10-16)5-3-4-6-15-11-12-33-13-15/h7-13,17,20,32H,1-2H3,(H,26,29)(H,28,30)(H2,25,27,31). The van der Waals surface area contributed by atoms with E-state index >= 15 is 0 Å². The van der Waals surface area contributed by atoms with Gasteiger partial charge in [-0.3, -0.25) is 14.8 Å². The van der Waals surface area contributed by atoms with Crippen LogP contribution in [0.3, 0.4) is 0 Å². The minimum atomic E-state index is -3.28. The zero-order chi connectivity index (χ0) is 24.4. The largest absolute Gasteiger partial charge is 0.471 e. The van der Waals surface area contributed by atoms with E-state index in [-0.39, 0.29) is 5.56 Å². The highest BCUT2D eigenvalue weighted by atomic mass is 19.3. The Kier molecular flexibility index (Phi) is 8.55. The summed E-state index contributed by atoms with van der Waals surface area (Å²) in [5.41, 5.74) is -0.0982. The maximum absolute atomic E-state index is 13.8. The molecule has 11 heteroatoms. The van der Waals surface area contributed by atoms with Crippen LogP contribution < -0.4 is 21.4 Å². The maximum Gasteiger partial charge on any atom is 0.315 e. The summed E-state index contributed by atoms with van der Waals surface area (Å²) in [4.78, 5) is 36.3. The van der Waals surface area contributed by atoms with Crippen LogP contribution in [0.25, 0.3) is 0 Å². The molecule has 2 atom stereocenters. The second kappa shape index (κ2) is 11.3. The van der Waals surface area contributed by atoms with Crippen LogP contribution >= 0.6 is 0 Å². The number of hydrogen-bond acceptors (Lipinski definition) is 5. The van der Waals surface area contributed by atoms with Crippen LogP contribution in [0, 0.1) is 23.7 Å². The molecule has 1 aromatic carbocycles. The monoisotopic (exact) mass is 458 g/mol. The number of benzene rings is 1. The van der Waals surface area contributed by atoms with E-state index in [1.165, 1.54) is 49.3 Å². The molecule has 4 amide bonds. The third-order valence-electron chi connectivity index (χ3n) is 4.46. The Hall–Kier alpha value is -4.35. The summed E-state index contributed by atoms with van der Waals surface area (Å²) in [6.07, 6.45) is -0.331. The second-order valence-corrected chi connectivity index (χ2v) is 6.76. The fourth-order valence-corrected chi connectivity index (χ4v) is 2.57. The van der Waals surface area contributed by atoms with Gasteiger partial charge in [0.2, 0.25) is 0 Å². The Morgan fingerprint density at radius 3 is 2.21 bits per heavy atom. The van der Waals surface area contributed by atoms with Crippen molar-refractivity contribution in [1.29, 1.82) is 0 Å². The topological polar surface area (TPSA) is 133 Å². The lowest BCUT2D eigenvalue weighted by molar-refractivity contribution is -0.135. The third-order valence-corrected chi connectivity index (χ3v) is 4.46. The zero-order valence-electron chi connectivity index (χ0n) is 17.5. The summed E-state index contributed by atoms with van der Waals surface area (Å²) in [7, 11) is 1.19. The predicted octanol–water partition coefficient (Wildman–Crippen LogP) is 1.24. The van der Waals surface area contributed by atoms with Crippen LogP contribution in [-0.4, -0.2) is 48.1 Å². The molecule has 2 aromatic rings. The van der Waals surface area contributed by atoms with Crippen LogP contribution in [0.1, 0.15) is 28.4 Å². The number of alkyl halides is 2. The number of halogens is 2. The predicted molar refractivity (Wildman–Crippen MR) is 112 cm³/mol. The van der Waals surface area contributed by atoms with Gasteiger partial charge in [0.05, 0.1) is 11.8 Å². The molecular formula is C22H20F2N4O5. The molecule has 33 heavy (non-hydrogen) atoms.